The molecular weight excluding hydrogens is 270 g/mol. The molecule has 1 amide bonds. The van der Waals surface area contributed by atoms with E-state index in [2.05, 4.69) is 0 Å². The van der Waals surface area contributed by atoms with Crippen molar-refractivity contribution in [2.24, 2.45) is 5.73 Å². The third-order valence-electron chi connectivity index (χ3n) is 2.63. The zero-order valence-corrected chi connectivity index (χ0v) is 11.3. The molecule has 2 rings (SSSR count). The number of thioether (sulfide) groups is 1. The Morgan fingerprint density at radius 2 is 2.16 bits per heavy atom. The van der Waals surface area contributed by atoms with E-state index in [0.29, 0.717) is 22.6 Å². The van der Waals surface area contributed by atoms with Gasteiger partial charge in [0.05, 0.1) is 20.0 Å². The number of carbonyl (C=O) groups is 2. The number of esters is 1. The normalized spacial score (nSPS) is 16.7. The molecule has 1 aromatic rings. The van der Waals surface area contributed by atoms with Gasteiger partial charge in [0.25, 0.3) is 0 Å². The van der Waals surface area contributed by atoms with Gasteiger partial charge >= 0.3 is 5.97 Å². The van der Waals surface area contributed by atoms with Crippen molar-refractivity contribution in [2.45, 2.75) is 5.44 Å². The molecule has 0 aromatic heterocycles. The topological polar surface area (TPSA) is 87.8 Å². The lowest BCUT2D eigenvalue weighted by Crippen LogP contribution is -2.14. The fourth-order valence-corrected chi connectivity index (χ4v) is 2.70. The molecule has 0 saturated carbocycles. The van der Waals surface area contributed by atoms with Gasteiger partial charge in [-0.25, -0.2) is 4.79 Å². The predicted molar refractivity (Wildman–Crippen MR) is 69.4 cm³/mol. The molecule has 1 aromatic carbocycles. The van der Waals surface area contributed by atoms with Crippen LogP contribution in [0, 0.1) is 0 Å². The van der Waals surface area contributed by atoms with Gasteiger partial charge in [0, 0.05) is 5.56 Å². The second-order valence-electron chi connectivity index (χ2n) is 3.78. The molecule has 1 heterocycles. The quantitative estimate of drug-likeness (QED) is 0.814. The van der Waals surface area contributed by atoms with E-state index in [4.69, 9.17) is 19.9 Å². The van der Waals surface area contributed by atoms with Crippen LogP contribution in [0.15, 0.2) is 12.1 Å². The fourth-order valence-electron chi connectivity index (χ4n) is 1.85. The van der Waals surface area contributed by atoms with E-state index < -0.39 is 17.3 Å². The van der Waals surface area contributed by atoms with Crippen molar-refractivity contribution in [3.8, 4) is 11.5 Å². The van der Waals surface area contributed by atoms with Crippen molar-refractivity contribution in [2.75, 3.05) is 20.0 Å². The summed E-state index contributed by atoms with van der Waals surface area (Å²) in [6, 6.07) is 3.41. The largest absolute Gasteiger partial charge is 0.493 e. The second-order valence-corrected chi connectivity index (χ2v) is 4.83. The average molecular weight is 283 g/mol. The van der Waals surface area contributed by atoms with Gasteiger partial charge in [0.2, 0.25) is 5.91 Å². The summed E-state index contributed by atoms with van der Waals surface area (Å²) in [5.74, 6) is -0.0836. The Labute approximate surface area is 114 Å². The summed E-state index contributed by atoms with van der Waals surface area (Å²) in [7, 11) is 2.94. The number of primary amides is 1. The maximum atomic E-state index is 11.9. The first-order valence-corrected chi connectivity index (χ1v) is 6.49. The van der Waals surface area contributed by atoms with Crippen LogP contribution in [0.5, 0.6) is 11.5 Å². The number of fused-ring (bicyclic) bond motifs is 1. The molecule has 19 heavy (non-hydrogen) atoms. The van der Waals surface area contributed by atoms with Crippen LogP contribution in [0.1, 0.15) is 21.4 Å². The first-order valence-electron chi connectivity index (χ1n) is 5.44. The number of hydrogen-bond donors (Lipinski definition) is 1. The van der Waals surface area contributed by atoms with Crippen LogP contribution >= 0.6 is 11.8 Å². The highest BCUT2D eigenvalue weighted by Crippen LogP contribution is 2.45. The highest BCUT2D eigenvalue weighted by Gasteiger charge is 2.36. The van der Waals surface area contributed by atoms with Crippen molar-refractivity contribution >= 4 is 23.6 Å². The molecule has 0 spiro atoms. The summed E-state index contributed by atoms with van der Waals surface area (Å²) >= 11 is 1.16. The van der Waals surface area contributed by atoms with Gasteiger partial charge in [-0.3, -0.25) is 4.79 Å². The van der Waals surface area contributed by atoms with E-state index in [-0.39, 0.29) is 5.75 Å². The maximum Gasteiger partial charge on any atom is 0.344 e. The predicted octanol–water partition coefficient (Wildman–Crippen LogP) is 1.09. The second kappa shape index (κ2) is 5.40. The first-order chi connectivity index (χ1) is 9.08. The zero-order valence-electron chi connectivity index (χ0n) is 10.5. The van der Waals surface area contributed by atoms with Crippen LogP contribution in [0.2, 0.25) is 0 Å². The Hall–Kier alpha value is -1.89. The van der Waals surface area contributed by atoms with Crippen LogP contribution < -0.4 is 15.2 Å². The molecular formula is C12H13NO5S. The van der Waals surface area contributed by atoms with Gasteiger partial charge in [-0.1, -0.05) is 0 Å². The molecule has 1 aliphatic heterocycles. The SMILES string of the molecule is COc1ccc2c(c1OC)C(=O)OC2SCC(N)=O. The van der Waals surface area contributed by atoms with Gasteiger partial charge in [-0.05, 0) is 12.1 Å². The van der Waals surface area contributed by atoms with Crippen LogP contribution in [0.3, 0.4) is 0 Å². The number of hydrogen-bond acceptors (Lipinski definition) is 6. The van der Waals surface area contributed by atoms with Gasteiger partial charge < -0.3 is 19.9 Å². The molecule has 0 bridgehead atoms. The average Bonchev–Trinajstić information content (AvgIpc) is 2.72. The summed E-state index contributed by atoms with van der Waals surface area (Å²) in [5.41, 5.74) is 5.53. The van der Waals surface area contributed by atoms with Crippen LogP contribution in [0.25, 0.3) is 0 Å². The van der Waals surface area contributed by atoms with Crippen LogP contribution in [-0.2, 0) is 9.53 Å². The van der Waals surface area contributed by atoms with Crippen molar-refractivity contribution in [3.63, 3.8) is 0 Å². The summed E-state index contributed by atoms with van der Waals surface area (Å²) in [4.78, 5) is 22.7. The maximum absolute atomic E-state index is 11.9. The van der Waals surface area contributed by atoms with Crippen molar-refractivity contribution in [1.29, 1.82) is 0 Å². The van der Waals surface area contributed by atoms with E-state index >= 15 is 0 Å². The van der Waals surface area contributed by atoms with Gasteiger partial charge in [-0.2, -0.15) is 0 Å². The van der Waals surface area contributed by atoms with Crippen molar-refractivity contribution in [3.05, 3.63) is 23.3 Å². The fraction of sp³-hybridized carbons (Fsp3) is 0.333. The monoisotopic (exact) mass is 283 g/mol. The summed E-state index contributed by atoms with van der Waals surface area (Å²) in [6.07, 6.45) is 0. The number of amides is 1. The van der Waals surface area contributed by atoms with E-state index in [1.807, 2.05) is 0 Å². The summed E-state index contributed by atoms with van der Waals surface area (Å²) in [5, 5.41) is 0. The smallest absolute Gasteiger partial charge is 0.344 e. The van der Waals surface area contributed by atoms with E-state index in [1.54, 1.807) is 12.1 Å². The third kappa shape index (κ3) is 2.46. The summed E-state index contributed by atoms with van der Waals surface area (Å²) < 4.78 is 15.5. The molecule has 6 nitrogen and oxygen atoms in total. The standard InChI is InChI=1S/C12H13NO5S/c1-16-7-4-3-6-9(10(7)17-2)11(15)18-12(6)19-5-8(13)14/h3-4,12H,5H2,1-2H3,(H2,13,14). The summed E-state index contributed by atoms with van der Waals surface area (Å²) in [6.45, 7) is 0. The van der Waals surface area contributed by atoms with E-state index in [1.165, 1.54) is 14.2 Å². The number of ether oxygens (including phenoxy) is 3. The first kappa shape index (κ1) is 13.5. The lowest BCUT2D eigenvalue weighted by molar-refractivity contribution is -0.115. The number of benzene rings is 1. The zero-order chi connectivity index (χ0) is 14.0. The van der Waals surface area contributed by atoms with Gasteiger partial charge in [0.15, 0.2) is 16.9 Å². The number of carbonyl (C=O) groups excluding carboxylic acids is 2. The van der Waals surface area contributed by atoms with E-state index in [9.17, 15) is 9.59 Å². The Morgan fingerprint density at radius 1 is 1.42 bits per heavy atom. The molecule has 1 unspecified atom stereocenters. The molecule has 102 valence electrons. The highest BCUT2D eigenvalue weighted by molar-refractivity contribution is 8.00. The van der Waals surface area contributed by atoms with Gasteiger partial charge in [-0.15, -0.1) is 11.8 Å². The number of nitrogens with two attached hydrogens (primary N) is 1. The van der Waals surface area contributed by atoms with Crippen LogP contribution in [0.4, 0.5) is 0 Å². The van der Waals surface area contributed by atoms with E-state index in [0.717, 1.165) is 11.8 Å². The molecule has 1 atom stereocenters. The number of methoxy groups -OCH3 is 2. The number of cyclic esters (lactones) is 1. The molecule has 0 fully saturated rings. The molecule has 0 saturated heterocycles. The molecule has 1 aliphatic rings. The molecule has 7 heteroatoms. The minimum Gasteiger partial charge on any atom is -0.493 e. The van der Waals surface area contributed by atoms with Crippen molar-refractivity contribution in [1.82, 2.24) is 0 Å². The number of rotatable bonds is 5. The highest BCUT2D eigenvalue weighted by atomic mass is 32.2. The Morgan fingerprint density at radius 3 is 2.74 bits per heavy atom. The Kier molecular flexibility index (Phi) is 3.84. The molecule has 2 N–H and O–H groups in total. The van der Waals surface area contributed by atoms with Gasteiger partial charge in [0.1, 0.15) is 5.56 Å². The van der Waals surface area contributed by atoms with Crippen LogP contribution in [-0.4, -0.2) is 31.8 Å². The minimum atomic E-state index is -0.546. The lowest BCUT2D eigenvalue weighted by atomic mass is 10.1. The lowest BCUT2D eigenvalue weighted by Gasteiger charge is -2.11. The molecule has 0 aliphatic carbocycles. The Balaban J connectivity index is 2.37. The van der Waals surface area contributed by atoms with Crippen molar-refractivity contribution < 1.29 is 23.8 Å². The molecule has 0 radical (unpaired) electrons. The Bertz CT molecular complexity index is 531. The third-order valence-corrected chi connectivity index (χ3v) is 3.73. The minimum absolute atomic E-state index is 0.0751.